The Morgan fingerprint density at radius 3 is 2.67 bits per heavy atom. The summed E-state index contributed by atoms with van der Waals surface area (Å²) in [6.07, 6.45) is 6.15. The summed E-state index contributed by atoms with van der Waals surface area (Å²) in [5.41, 5.74) is 4.38. The van der Waals surface area contributed by atoms with Crippen LogP contribution in [-0.2, 0) is 11.3 Å². The number of halogens is 1. The number of nitrogens with one attached hydrogen (secondary N) is 1. The molecule has 0 radical (unpaired) electrons. The van der Waals surface area contributed by atoms with E-state index in [-0.39, 0.29) is 18.3 Å². The summed E-state index contributed by atoms with van der Waals surface area (Å²) >= 11 is 0. The third-order valence-electron chi connectivity index (χ3n) is 5.41. The fourth-order valence-electron chi connectivity index (χ4n) is 3.54. The van der Waals surface area contributed by atoms with Gasteiger partial charge in [-0.3, -0.25) is 4.79 Å². The fraction of sp³-hybridized carbons (Fsp3) is 0.375. The van der Waals surface area contributed by atoms with E-state index in [0.717, 1.165) is 52.8 Å². The van der Waals surface area contributed by atoms with Gasteiger partial charge in [0.25, 0.3) is 0 Å². The summed E-state index contributed by atoms with van der Waals surface area (Å²) in [4.78, 5) is 22.8. The van der Waals surface area contributed by atoms with E-state index in [1.807, 2.05) is 4.90 Å². The molecule has 2 aromatic carbocycles. The third-order valence-corrected chi connectivity index (χ3v) is 5.41. The van der Waals surface area contributed by atoms with Gasteiger partial charge >= 0.3 is 0 Å². The zero-order valence-electron chi connectivity index (χ0n) is 17.6. The number of fused-ring (bicyclic) bond motifs is 1. The highest BCUT2D eigenvalue weighted by molar-refractivity contribution is 5.92. The van der Waals surface area contributed by atoms with Crippen molar-refractivity contribution in [1.29, 1.82) is 0 Å². The smallest absolute Gasteiger partial charge is 0.219 e. The maximum atomic E-state index is 12.0. The number of carbonyl (C=O) groups excluding carboxylic acids is 1. The lowest BCUT2D eigenvalue weighted by atomic mass is 10.0. The van der Waals surface area contributed by atoms with Crippen LogP contribution < -0.4 is 5.32 Å². The number of aromatic nitrogens is 2. The van der Waals surface area contributed by atoms with Crippen molar-refractivity contribution in [2.75, 3.05) is 11.9 Å². The zero-order chi connectivity index (χ0) is 20.2. The number of amides is 1. The summed E-state index contributed by atoms with van der Waals surface area (Å²) < 4.78 is 0. The molecule has 1 fully saturated rings. The number of carbonyl (C=O) groups is 1. The van der Waals surface area contributed by atoms with Crippen LogP contribution in [0.15, 0.2) is 48.8 Å². The van der Waals surface area contributed by atoms with Gasteiger partial charge in [0.1, 0.15) is 12.1 Å². The number of unbranched alkanes of at least 4 members (excludes halogenated alkanes) is 1. The minimum absolute atomic E-state index is 0. The van der Waals surface area contributed by atoms with Crippen molar-refractivity contribution >= 4 is 35.0 Å². The van der Waals surface area contributed by atoms with Crippen LogP contribution in [-0.4, -0.2) is 33.4 Å². The second-order valence-corrected chi connectivity index (χ2v) is 7.87. The molecule has 1 heterocycles. The average Bonchev–Trinajstić information content (AvgIpc) is 3.55. The van der Waals surface area contributed by atoms with E-state index >= 15 is 0 Å². The molecule has 3 aromatic rings. The van der Waals surface area contributed by atoms with Gasteiger partial charge in [-0.1, -0.05) is 37.6 Å². The van der Waals surface area contributed by atoms with E-state index in [2.05, 4.69) is 64.7 Å². The molecule has 0 atom stereocenters. The molecule has 1 aliphatic rings. The molecule has 0 unspecified atom stereocenters. The summed E-state index contributed by atoms with van der Waals surface area (Å²) in [5.74, 6) is 1.04. The molecule has 4 rings (SSSR count). The number of anilines is 1. The normalized spacial score (nSPS) is 13.0. The minimum atomic E-state index is 0. The highest BCUT2D eigenvalue weighted by Gasteiger charge is 2.22. The van der Waals surface area contributed by atoms with Crippen LogP contribution in [0.25, 0.3) is 22.0 Å². The Kier molecular flexibility index (Phi) is 7.27. The first kappa shape index (κ1) is 22.0. The third kappa shape index (κ3) is 5.28. The van der Waals surface area contributed by atoms with Gasteiger partial charge in [-0.15, -0.1) is 12.4 Å². The average molecular weight is 425 g/mol. The Balaban J connectivity index is 0.00000256. The van der Waals surface area contributed by atoms with Gasteiger partial charge in [0.2, 0.25) is 5.91 Å². The predicted molar refractivity (Wildman–Crippen MR) is 125 cm³/mol. The molecule has 30 heavy (non-hydrogen) atoms. The molecule has 1 aromatic heterocycles. The summed E-state index contributed by atoms with van der Waals surface area (Å²) in [6, 6.07) is 15.3. The highest BCUT2D eigenvalue weighted by atomic mass is 35.5. The minimum Gasteiger partial charge on any atom is -0.367 e. The second-order valence-electron chi connectivity index (χ2n) is 7.87. The molecule has 6 heteroatoms. The molecule has 0 bridgehead atoms. The summed E-state index contributed by atoms with van der Waals surface area (Å²) in [5, 5.41) is 4.56. The van der Waals surface area contributed by atoms with E-state index in [1.54, 1.807) is 13.3 Å². The Bertz CT molecular complexity index is 1020. The van der Waals surface area contributed by atoms with Crippen molar-refractivity contribution in [1.82, 2.24) is 14.9 Å². The second kappa shape index (κ2) is 9.90. The largest absolute Gasteiger partial charge is 0.367 e. The quantitative estimate of drug-likeness (QED) is 0.523. The van der Waals surface area contributed by atoms with Crippen molar-refractivity contribution < 1.29 is 4.79 Å². The molecule has 0 saturated heterocycles. The van der Waals surface area contributed by atoms with Gasteiger partial charge in [0.05, 0.1) is 5.52 Å². The highest BCUT2D eigenvalue weighted by Crippen LogP contribution is 2.30. The first-order valence-corrected chi connectivity index (χ1v) is 10.5. The van der Waals surface area contributed by atoms with Crippen molar-refractivity contribution in [2.45, 2.75) is 52.1 Å². The lowest BCUT2D eigenvalue weighted by Crippen LogP contribution is -2.29. The van der Waals surface area contributed by atoms with Crippen LogP contribution in [0.1, 0.15) is 45.1 Å². The number of hydrogen-bond acceptors (Lipinski definition) is 4. The van der Waals surface area contributed by atoms with Gasteiger partial charge in [-0.05, 0) is 54.2 Å². The Morgan fingerprint density at radius 2 is 1.93 bits per heavy atom. The molecule has 1 aliphatic carbocycles. The molecular weight excluding hydrogens is 396 g/mol. The lowest BCUT2D eigenvalue weighted by Gasteiger charge is -2.21. The fourth-order valence-corrected chi connectivity index (χ4v) is 3.54. The maximum Gasteiger partial charge on any atom is 0.219 e. The van der Waals surface area contributed by atoms with Gasteiger partial charge < -0.3 is 10.2 Å². The van der Waals surface area contributed by atoms with E-state index in [0.29, 0.717) is 12.6 Å². The lowest BCUT2D eigenvalue weighted by molar-refractivity contribution is -0.129. The molecule has 1 amide bonds. The molecule has 158 valence electrons. The number of rotatable bonds is 8. The SMILES string of the molecule is CCCCN(Cc1cccc(-c2ccc3ncnc(NC4CC4)c3c2)c1)C(C)=O.Cl. The molecule has 0 aliphatic heterocycles. The van der Waals surface area contributed by atoms with Crippen molar-refractivity contribution in [2.24, 2.45) is 0 Å². The van der Waals surface area contributed by atoms with E-state index in [4.69, 9.17) is 0 Å². The molecule has 0 spiro atoms. The molecule has 5 nitrogen and oxygen atoms in total. The van der Waals surface area contributed by atoms with Crippen LogP contribution in [0.4, 0.5) is 5.82 Å². The van der Waals surface area contributed by atoms with Crippen molar-refractivity contribution in [3.8, 4) is 11.1 Å². The zero-order valence-corrected chi connectivity index (χ0v) is 18.4. The van der Waals surface area contributed by atoms with Crippen LogP contribution in [0.3, 0.4) is 0 Å². The van der Waals surface area contributed by atoms with Crippen molar-refractivity contribution in [3.63, 3.8) is 0 Å². The van der Waals surface area contributed by atoms with Crippen LogP contribution in [0.2, 0.25) is 0 Å². The Morgan fingerprint density at radius 1 is 1.13 bits per heavy atom. The first-order valence-electron chi connectivity index (χ1n) is 10.5. The van der Waals surface area contributed by atoms with Gasteiger partial charge in [-0.2, -0.15) is 0 Å². The number of benzene rings is 2. The van der Waals surface area contributed by atoms with Crippen LogP contribution in [0, 0.1) is 0 Å². The Labute approximate surface area is 184 Å². The van der Waals surface area contributed by atoms with E-state index < -0.39 is 0 Å². The first-order chi connectivity index (χ1) is 14.1. The predicted octanol–water partition coefficient (Wildman–Crippen LogP) is 5.44. The topological polar surface area (TPSA) is 58.1 Å². The van der Waals surface area contributed by atoms with Crippen LogP contribution >= 0.6 is 12.4 Å². The molecule has 1 saturated carbocycles. The van der Waals surface area contributed by atoms with E-state index in [9.17, 15) is 4.79 Å². The maximum absolute atomic E-state index is 12.0. The van der Waals surface area contributed by atoms with E-state index in [1.165, 1.54) is 12.8 Å². The van der Waals surface area contributed by atoms with Gasteiger partial charge in [-0.25, -0.2) is 9.97 Å². The van der Waals surface area contributed by atoms with Crippen LogP contribution in [0.5, 0.6) is 0 Å². The molecular formula is C24H29ClN4O. The number of nitrogens with zero attached hydrogens (tertiary/aromatic N) is 3. The number of hydrogen-bond donors (Lipinski definition) is 1. The van der Waals surface area contributed by atoms with Crippen molar-refractivity contribution in [3.05, 3.63) is 54.4 Å². The Hall–Kier alpha value is -2.66. The van der Waals surface area contributed by atoms with Gasteiger partial charge in [0, 0.05) is 31.4 Å². The summed E-state index contributed by atoms with van der Waals surface area (Å²) in [6.45, 7) is 5.25. The van der Waals surface area contributed by atoms with Gasteiger partial charge in [0.15, 0.2) is 0 Å². The molecule has 1 N–H and O–H groups in total. The summed E-state index contributed by atoms with van der Waals surface area (Å²) in [7, 11) is 0. The standard InChI is InChI=1S/C24H28N4O.ClH/c1-3-4-12-28(17(2)29)15-18-6-5-7-19(13-18)20-8-11-23-22(14-20)24(26-16-25-23)27-21-9-10-21;/h5-8,11,13-14,16,21H,3-4,9-10,12,15H2,1-2H3,(H,25,26,27);1H. The monoisotopic (exact) mass is 424 g/mol.